The van der Waals surface area contributed by atoms with E-state index in [1.54, 1.807) is 12.3 Å². The highest BCUT2D eigenvalue weighted by Gasteiger charge is 2.31. The van der Waals surface area contributed by atoms with E-state index >= 15 is 0 Å². The van der Waals surface area contributed by atoms with Gasteiger partial charge in [0.2, 0.25) is 11.7 Å². The smallest absolute Gasteiger partial charge is 0.276 e. The molecule has 6 rings (SSSR count). The lowest BCUT2D eigenvalue weighted by Gasteiger charge is -2.35. The van der Waals surface area contributed by atoms with Gasteiger partial charge in [-0.1, -0.05) is 10.3 Å². The molecule has 1 saturated heterocycles. The highest BCUT2D eigenvalue weighted by molar-refractivity contribution is 5.92. The van der Waals surface area contributed by atoms with Crippen LogP contribution in [0.4, 0.5) is 5.82 Å². The molecule has 0 atom stereocenters. The monoisotopic (exact) mass is 406 g/mol. The standard InChI is InChI=1S/C21H22N6O3/c28-21(16-11-17(29-24-16)13-1-2-13)27-9-7-26(8-10-27)18-6-5-15(12-22-18)19-23-20(30-25-19)14-3-4-14/h5-6,11-14H,1-4,7-10H2. The van der Waals surface area contributed by atoms with Crippen molar-refractivity contribution >= 4 is 11.7 Å². The Kier molecular flexibility index (Phi) is 4.07. The van der Waals surface area contributed by atoms with Crippen molar-refractivity contribution < 1.29 is 13.8 Å². The number of hydrogen-bond donors (Lipinski definition) is 0. The van der Waals surface area contributed by atoms with E-state index in [0.717, 1.165) is 61.8 Å². The summed E-state index contributed by atoms with van der Waals surface area (Å²) in [4.78, 5) is 25.8. The molecule has 3 fully saturated rings. The molecule has 3 aliphatic rings. The highest BCUT2D eigenvalue weighted by Crippen LogP contribution is 2.40. The Balaban J connectivity index is 1.08. The minimum atomic E-state index is -0.0582. The summed E-state index contributed by atoms with van der Waals surface area (Å²) >= 11 is 0. The maximum Gasteiger partial charge on any atom is 0.276 e. The average Bonchev–Trinajstić information content (AvgIpc) is 3.73. The minimum absolute atomic E-state index is 0.0582. The molecular weight excluding hydrogens is 384 g/mol. The number of carbonyl (C=O) groups is 1. The zero-order valence-corrected chi connectivity index (χ0v) is 16.5. The number of rotatable bonds is 5. The van der Waals surface area contributed by atoms with Crippen molar-refractivity contribution in [2.75, 3.05) is 31.1 Å². The Hall–Kier alpha value is -3.23. The Morgan fingerprint density at radius 2 is 1.77 bits per heavy atom. The number of aromatic nitrogens is 4. The first-order chi connectivity index (χ1) is 14.7. The number of carbonyl (C=O) groups excluding carboxylic acids is 1. The van der Waals surface area contributed by atoms with E-state index in [2.05, 4.69) is 25.2 Å². The van der Waals surface area contributed by atoms with Crippen LogP contribution in [0.15, 0.2) is 33.4 Å². The molecule has 0 bridgehead atoms. The van der Waals surface area contributed by atoms with Gasteiger partial charge in [0, 0.05) is 55.8 Å². The molecular formula is C21H22N6O3. The molecule has 2 aliphatic carbocycles. The average molecular weight is 406 g/mol. The van der Waals surface area contributed by atoms with Crippen molar-refractivity contribution in [2.45, 2.75) is 37.5 Å². The van der Waals surface area contributed by atoms with Crippen LogP contribution in [0, 0.1) is 0 Å². The van der Waals surface area contributed by atoms with Gasteiger partial charge in [-0.3, -0.25) is 4.79 Å². The van der Waals surface area contributed by atoms with Gasteiger partial charge in [0.25, 0.3) is 5.91 Å². The third kappa shape index (κ3) is 3.34. The van der Waals surface area contributed by atoms with Crippen LogP contribution in [0.25, 0.3) is 11.4 Å². The second kappa shape index (κ2) is 6.93. The lowest BCUT2D eigenvalue weighted by molar-refractivity contribution is 0.0736. The van der Waals surface area contributed by atoms with E-state index in [0.29, 0.717) is 36.4 Å². The van der Waals surface area contributed by atoms with Crippen LogP contribution in [0.1, 0.15) is 59.7 Å². The molecule has 2 saturated carbocycles. The number of amides is 1. The van der Waals surface area contributed by atoms with Gasteiger partial charge in [-0.2, -0.15) is 4.98 Å². The van der Waals surface area contributed by atoms with Gasteiger partial charge < -0.3 is 18.8 Å². The van der Waals surface area contributed by atoms with Crippen LogP contribution in [-0.4, -0.2) is 57.3 Å². The molecule has 9 nitrogen and oxygen atoms in total. The third-order valence-electron chi connectivity index (χ3n) is 5.99. The molecule has 30 heavy (non-hydrogen) atoms. The van der Waals surface area contributed by atoms with E-state index in [1.165, 1.54) is 0 Å². The van der Waals surface area contributed by atoms with Crippen LogP contribution in [0.5, 0.6) is 0 Å². The van der Waals surface area contributed by atoms with Crippen molar-refractivity contribution in [2.24, 2.45) is 0 Å². The molecule has 9 heteroatoms. The normalized spacial score (nSPS) is 19.3. The summed E-state index contributed by atoms with van der Waals surface area (Å²) in [6, 6.07) is 5.74. The summed E-state index contributed by atoms with van der Waals surface area (Å²) in [5, 5.41) is 8.04. The van der Waals surface area contributed by atoms with Crippen LogP contribution >= 0.6 is 0 Å². The van der Waals surface area contributed by atoms with E-state index in [4.69, 9.17) is 9.05 Å². The van der Waals surface area contributed by atoms with Crippen LogP contribution in [0.2, 0.25) is 0 Å². The van der Waals surface area contributed by atoms with Crippen LogP contribution in [-0.2, 0) is 0 Å². The molecule has 4 heterocycles. The topological polar surface area (TPSA) is 101 Å². The highest BCUT2D eigenvalue weighted by atomic mass is 16.5. The third-order valence-corrected chi connectivity index (χ3v) is 5.99. The van der Waals surface area contributed by atoms with Crippen LogP contribution in [0.3, 0.4) is 0 Å². The summed E-state index contributed by atoms with van der Waals surface area (Å²) in [6.07, 6.45) is 6.30. The molecule has 0 radical (unpaired) electrons. The summed E-state index contributed by atoms with van der Waals surface area (Å²) in [5.74, 6) is 3.88. The second-order valence-electron chi connectivity index (χ2n) is 8.30. The first-order valence-electron chi connectivity index (χ1n) is 10.6. The largest absolute Gasteiger partial charge is 0.360 e. The molecule has 0 N–H and O–H groups in total. The molecule has 0 unspecified atom stereocenters. The molecule has 1 aliphatic heterocycles. The molecule has 3 aromatic heterocycles. The van der Waals surface area contributed by atoms with Gasteiger partial charge in [0.1, 0.15) is 11.6 Å². The van der Waals surface area contributed by atoms with Gasteiger partial charge in [-0.25, -0.2) is 4.98 Å². The van der Waals surface area contributed by atoms with E-state index in [1.807, 2.05) is 17.0 Å². The zero-order valence-electron chi connectivity index (χ0n) is 16.5. The lowest BCUT2D eigenvalue weighted by atomic mass is 10.2. The van der Waals surface area contributed by atoms with Crippen molar-refractivity contribution in [3.63, 3.8) is 0 Å². The van der Waals surface area contributed by atoms with E-state index < -0.39 is 0 Å². The van der Waals surface area contributed by atoms with E-state index in [9.17, 15) is 4.79 Å². The van der Waals surface area contributed by atoms with Gasteiger partial charge in [-0.15, -0.1) is 0 Å². The predicted octanol–water partition coefficient (Wildman–Crippen LogP) is 2.84. The fourth-order valence-corrected chi connectivity index (χ4v) is 3.80. The van der Waals surface area contributed by atoms with Crippen molar-refractivity contribution in [1.82, 2.24) is 25.2 Å². The molecule has 0 aromatic carbocycles. The fourth-order valence-electron chi connectivity index (χ4n) is 3.80. The number of pyridine rings is 1. The molecule has 3 aromatic rings. The molecule has 0 spiro atoms. The number of piperazine rings is 1. The van der Waals surface area contributed by atoms with Gasteiger partial charge >= 0.3 is 0 Å². The Morgan fingerprint density at radius 1 is 0.967 bits per heavy atom. The quantitative estimate of drug-likeness (QED) is 0.637. The van der Waals surface area contributed by atoms with Gasteiger partial charge in [0.05, 0.1) is 0 Å². The van der Waals surface area contributed by atoms with Gasteiger partial charge in [-0.05, 0) is 37.8 Å². The van der Waals surface area contributed by atoms with Gasteiger partial charge in [0.15, 0.2) is 5.69 Å². The zero-order chi connectivity index (χ0) is 20.1. The summed E-state index contributed by atoms with van der Waals surface area (Å²) < 4.78 is 10.7. The SMILES string of the molecule is O=C(c1cc(C2CC2)on1)N1CCN(c2ccc(-c3noc(C4CC4)n3)cn2)CC1. The first-order valence-corrected chi connectivity index (χ1v) is 10.6. The fraction of sp³-hybridized carbons (Fsp3) is 0.476. The first kappa shape index (κ1) is 17.6. The van der Waals surface area contributed by atoms with E-state index in [-0.39, 0.29) is 5.91 Å². The minimum Gasteiger partial charge on any atom is -0.360 e. The maximum absolute atomic E-state index is 12.7. The Bertz CT molecular complexity index is 1060. The number of anilines is 1. The Labute approximate surface area is 173 Å². The maximum atomic E-state index is 12.7. The predicted molar refractivity (Wildman–Crippen MR) is 106 cm³/mol. The second-order valence-corrected chi connectivity index (χ2v) is 8.30. The summed E-state index contributed by atoms with van der Waals surface area (Å²) in [5.41, 5.74) is 1.26. The summed E-state index contributed by atoms with van der Waals surface area (Å²) in [6.45, 7) is 2.70. The number of nitrogens with zero attached hydrogens (tertiary/aromatic N) is 6. The number of hydrogen-bond acceptors (Lipinski definition) is 8. The van der Waals surface area contributed by atoms with Crippen molar-refractivity contribution in [3.05, 3.63) is 41.7 Å². The molecule has 154 valence electrons. The Morgan fingerprint density at radius 3 is 2.47 bits per heavy atom. The van der Waals surface area contributed by atoms with Crippen molar-refractivity contribution in [1.29, 1.82) is 0 Å². The lowest BCUT2D eigenvalue weighted by Crippen LogP contribution is -2.49. The molecule has 1 amide bonds. The van der Waals surface area contributed by atoms with Crippen molar-refractivity contribution in [3.8, 4) is 11.4 Å². The summed E-state index contributed by atoms with van der Waals surface area (Å²) in [7, 11) is 0. The van der Waals surface area contributed by atoms with Crippen LogP contribution < -0.4 is 4.90 Å².